The van der Waals surface area contributed by atoms with Crippen LogP contribution in [0.15, 0.2) is 42.5 Å². The van der Waals surface area contributed by atoms with Crippen LogP contribution in [0.25, 0.3) is 10.9 Å². The van der Waals surface area contributed by atoms with Gasteiger partial charge in [-0.2, -0.15) is 0 Å². The number of nitrogens with one attached hydrogen (secondary N) is 1. The molecule has 1 N–H and O–H groups in total. The number of rotatable bonds is 4. The van der Waals surface area contributed by atoms with E-state index in [1.165, 1.54) is 22.2 Å². The molecule has 0 amide bonds. The molecule has 2 nitrogen and oxygen atoms in total. The van der Waals surface area contributed by atoms with Crippen LogP contribution >= 0.6 is 11.6 Å². The lowest BCUT2D eigenvalue weighted by Crippen LogP contribution is -1.90. The zero-order valence-corrected chi connectivity index (χ0v) is 12.9. The number of H-pyrrole nitrogens is 1. The van der Waals surface area contributed by atoms with E-state index >= 15 is 0 Å². The van der Waals surface area contributed by atoms with Gasteiger partial charge in [0, 0.05) is 21.6 Å². The molecule has 3 heteroatoms. The number of methoxy groups -OCH3 is 1. The van der Waals surface area contributed by atoms with E-state index < -0.39 is 0 Å². The van der Waals surface area contributed by atoms with Gasteiger partial charge in [0.25, 0.3) is 0 Å². The van der Waals surface area contributed by atoms with Crippen LogP contribution < -0.4 is 4.74 Å². The Hall–Kier alpha value is -1.93. The van der Waals surface area contributed by atoms with Crippen molar-refractivity contribution in [2.45, 2.75) is 13.3 Å². The first-order chi connectivity index (χ1) is 10.2. The Labute approximate surface area is 129 Å². The molecule has 1 radical (unpaired) electrons. The molecule has 0 bridgehead atoms. The van der Waals surface area contributed by atoms with Crippen LogP contribution in [0.2, 0.25) is 5.02 Å². The molecule has 21 heavy (non-hydrogen) atoms. The fourth-order valence-corrected chi connectivity index (χ4v) is 2.68. The zero-order valence-electron chi connectivity index (χ0n) is 12.1. The Balaban J connectivity index is 1.88. The van der Waals surface area contributed by atoms with E-state index in [0.717, 1.165) is 22.7 Å². The average Bonchev–Trinajstić information content (AvgIpc) is 2.81. The van der Waals surface area contributed by atoms with E-state index in [1.54, 1.807) is 7.11 Å². The number of hydrogen-bond acceptors (Lipinski definition) is 1. The predicted molar refractivity (Wildman–Crippen MR) is 88.1 cm³/mol. The lowest BCUT2D eigenvalue weighted by Gasteiger charge is -2.04. The minimum absolute atomic E-state index is 0.770. The maximum atomic E-state index is 5.92. The van der Waals surface area contributed by atoms with E-state index in [9.17, 15) is 0 Å². The van der Waals surface area contributed by atoms with Crippen molar-refractivity contribution in [1.82, 2.24) is 4.98 Å². The first kappa shape index (κ1) is 14.0. The predicted octanol–water partition coefficient (Wildman–Crippen LogP) is 4.93. The van der Waals surface area contributed by atoms with Crippen LogP contribution in [-0.2, 0) is 6.42 Å². The van der Waals surface area contributed by atoms with Crippen molar-refractivity contribution in [3.8, 4) is 5.75 Å². The molecule has 0 unspecified atom stereocenters. The summed E-state index contributed by atoms with van der Waals surface area (Å²) in [4.78, 5) is 3.42. The van der Waals surface area contributed by atoms with Gasteiger partial charge < -0.3 is 9.72 Å². The van der Waals surface area contributed by atoms with E-state index in [-0.39, 0.29) is 0 Å². The van der Waals surface area contributed by atoms with Gasteiger partial charge in [-0.15, -0.1) is 0 Å². The molecule has 0 aliphatic carbocycles. The maximum Gasteiger partial charge on any atom is 0.119 e. The quantitative estimate of drug-likeness (QED) is 0.725. The third-order valence-electron chi connectivity index (χ3n) is 3.70. The molecular formula is C18H17ClNO. The normalized spacial score (nSPS) is 11.0. The molecule has 0 aliphatic rings. The van der Waals surface area contributed by atoms with Crippen LogP contribution in [0.3, 0.4) is 0 Å². The molecule has 0 atom stereocenters. The topological polar surface area (TPSA) is 25.0 Å². The summed E-state index contributed by atoms with van der Waals surface area (Å²) in [5, 5.41) is 1.97. The highest BCUT2D eigenvalue weighted by atomic mass is 35.5. The first-order valence-corrected chi connectivity index (χ1v) is 7.29. The molecule has 0 spiro atoms. The number of hydrogen-bond donors (Lipinski definition) is 1. The van der Waals surface area contributed by atoms with Crippen LogP contribution in [0.4, 0.5) is 0 Å². The number of aryl methyl sites for hydroxylation is 1. The second kappa shape index (κ2) is 5.82. The summed E-state index contributed by atoms with van der Waals surface area (Å²) in [7, 11) is 1.69. The van der Waals surface area contributed by atoms with Crippen molar-refractivity contribution in [2.75, 3.05) is 7.11 Å². The van der Waals surface area contributed by atoms with Crippen LogP contribution in [-0.4, -0.2) is 12.1 Å². The van der Waals surface area contributed by atoms with Gasteiger partial charge in [-0.05, 0) is 61.2 Å². The van der Waals surface area contributed by atoms with Crippen molar-refractivity contribution in [3.63, 3.8) is 0 Å². The Morgan fingerprint density at radius 1 is 1.14 bits per heavy atom. The van der Waals surface area contributed by atoms with Gasteiger partial charge in [-0.1, -0.05) is 23.7 Å². The van der Waals surface area contributed by atoms with E-state index in [0.29, 0.717) is 0 Å². The average molecular weight is 299 g/mol. The minimum Gasteiger partial charge on any atom is -0.497 e. The Bertz CT molecular complexity index is 759. The van der Waals surface area contributed by atoms with Gasteiger partial charge in [-0.25, -0.2) is 0 Å². The monoisotopic (exact) mass is 298 g/mol. The summed E-state index contributed by atoms with van der Waals surface area (Å²) in [5.74, 6) is 0.877. The Morgan fingerprint density at radius 2 is 1.90 bits per heavy atom. The Kier molecular flexibility index (Phi) is 3.89. The van der Waals surface area contributed by atoms with Gasteiger partial charge in [0.2, 0.25) is 0 Å². The molecule has 1 heterocycles. The van der Waals surface area contributed by atoms with Crippen molar-refractivity contribution in [2.24, 2.45) is 0 Å². The summed E-state index contributed by atoms with van der Waals surface area (Å²) in [6.07, 6.45) is 3.12. The zero-order chi connectivity index (χ0) is 14.8. The lowest BCUT2D eigenvalue weighted by molar-refractivity contribution is 0.415. The van der Waals surface area contributed by atoms with Crippen LogP contribution in [0.5, 0.6) is 5.75 Å². The van der Waals surface area contributed by atoms with Crippen molar-refractivity contribution in [1.29, 1.82) is 0 Å². The lowest BCUT2D eigenvalue weighted by atomic mass is 10.0. The Morgan fingerprint density at radius 3 is 2.62 bits per heavy atom. The van der Waals surface area contributed by atoms with Crippen LogP contribution in [0.1, 0.15) is 16.8 Å². The van der Waals surface area contributed by atoms with Crippen molar-refractivity contribution >= 4 is 22.5 Å². The highest BCUT2D eigenvalue weighted by Crippen LogP contribution is 2.28. The number of aromatic nitrogens is 1. The molecular weight excluding hydrogens is 282 g/mol. The first-order valence-electron chi connectivity index (χ1n) is 6.91. The summed E-state index contributed by atoms with van der Waals surface area (Å²) in [5.41, 5.74) is 4.79. The smallest absolute Gasteiger partial charge is 0.119 e. The molecule has 0 saturated carbocycles. The van der Waals surface area contributed by atoms with Gasteiger partial charge in [-0.3, -0.25) is 0 Å². The molecule has 3 aromatic rings. The standard InChI is InChI=1S/C18H17ClNO/c1-12-16(9-5-13-3-6-14(19)7-4-13)17-11-15(21-2)8-10-18(17)20-12/h3-4,6-11,20H,5H2,1-2H3. The summed E-state index contributed by atoms with van der Waals surface area (Å²) < 4.78 is 5.32. The summed E-state index contributed by atoms with van der Waals surface area (Å²) in [6.45, 7) is 2.10. The largest absolute Gasteiger partial charge is 0.497 e. The van der Waals surface area contributed by atoms with Gasteiger partial charge in [0.1, 0.15) is 5.75 Å². The molecule has 0 fully saturated rings. The highest BCUT2D eigenvalue weighted by molar-refractivity contribution is 6.30. The molecule has 1 aromatic heterocycles. The van der Waals surface area contributed by atoms with Gasteiger partial charge >= 0.3 is 0 Å². The summed E-state index contributed by atoms with van der Waals surface area (Å²) in [6, 6.07) is 14.1. The number of halogens is 1. The minimum atomic E-state index is 0.770. The fourth-order valence-electron chi connectivity index (χ4n) is 2.56. The highest BCUT2D eigenvalue weighted by Gasteiger charge is 2.10. The second-order valence-corrected chi connectivity index (χ2v) is 5.55. The van der Waals surface area contributed by atoms with Crippen LogP contribution in [0, 0.1) is 13.3 Å². The van der Waals surface area contributed by atoms with Crippen molar-refractivity contribution in [3.05, 3.63) is 70.7 Å². The third-order valence-corrected chi connectivity index (χ3v) is 3.95. The maximum absolute atomic E-state index is 5.92. The molecule has 0 aliphatic heterocycles. The van der Waals surface area contributed by atoms with Gasteiger partial charge in [0.05, 0.1) is 7.11 Å². The number of benzene rings is 2. The number of ether oxygens (including phenoxy) is 1. The molecule has 107 valence electrons. The fraction of sp³-hybridized carbons (Fsp3) is 0.167. The second-order valence-electron chi connectivity index (χ2n) is 5.11. The van der Waals surface area contributed by atoms with E-state index in [1.807, 2.05) is 18.2 Å². The third kappa shape index (κ3) is 2.91. The summed E-state index contributed by atoms with van der Waals surface area (Å²) >= 11 is 5.92. The van der Waals surface area contributed by atoms with E-state index in [4.69, 9.17) is 16.3 Å². The SMILES string of the molecule is COc1ccc2[nH]c(C)c([CH]Cc3ccc(Cl)cc3)c2c1. The van der Waals surface area contributed by atoms with Gasteiger partial charge in [0.15, 0.2) is 0 Å². The van der Waals surface area contributed by atoms with E-state index in [2.05, 4.69) is 42.6 Å². The molecule has 0 saturated heterocycles. The number of fused-ring (bicyclic) bond motifs is 1. The van der Waals surface area contributed by atoms with Crippen molar-refractivity contribution < 1.29 is 4.74 Å². The molecule has 3 rings (SSSR count). The molecule has 2 aromatic carbocycles. The number of aromatic amines is 1.